The number of hydrogen-bond acceptors (Lipinski definition) is 5. The number of methoxy groups -OCH3 is 1. The summed E-state index contributed by atoms with van der Waals surface area (Å²) in [6.07, 6.45) is 1.64. The zero-order valence-corrected chi connectivity index (χ0v) is 19.3. The Kier molecular flexibility index (Phi) is 6.42. The van der Waals surface area contributed by atoms with Crippen molar-refractivity contribution in [3.8, 4) is 5.75 Å². The number of carbonyl (C=O) groups excluding carboxylic acids is 2. The van der Waals surface area contributed by atoms with Gasteiger partial charge in [-0.2, -0.15) is 0 Å². The SMILES string of the molecule is COc1ccc(NC(=O)CN2C(=O)CC(c3ccc(C)c(C)c3)=Nc3cccnc32)cc1Cl. The zero-order valence-electron chi connectivity index (χ0n) is 18.6. The summed E-state index contributed by atoms with van der Waals surface area (Å²) in [4.78, 5) is 36.5. The van der Waals surface area contributed by atoms with Crippen LogP contribution in [0.15, 0.2) is 59.7 Å². The first-order chi connectivity index (χ1) is 15.9. The Balaban J connectivity index is 1.59. The number of fused-ring (bicyclic) bond motifs is 1. The smallest absolute Gasteiger partial charge is 0.244 e. The largest absolute Gasteiger partial charge is 0.495 e. The highest BCUT2D eigenvalue weighted by Gasteiger charge is 2.28. The summed E-state index contributed by atoms with van der Waals surface area (Å²) in [6, 6.07) is 14.5. The monoisotopic (exact) mass is 462 g/mol. The predicted octanol–water partition coefficient (Wildman–Crippen LogP) is 4.86. The van der Waals surface area contributed by atoms with Crippen molar-refractivity contribution >= 4 is 46.3 Å². The van der Waals surface area contributed by atoms with Crippen LogP contribution in [0.2, 0.25) is 5.02 Å². The van der Waals surface area contributed by atoms with Crippen molar-refractivity contribution in [2.24, 2.45) is 4.99 Å². The minimum atomic E-state index is -0.379. The molecule has 3 aromatic rings. The number of aromatic nitrogens is 1. The van der Waals surface area contributed by atoms with Gasteiger partial charge >= 0.3 is 0 Å². The molecule has 0 spiro atoms. The van der Waals surface area contributed by atoms with Crippen LogP contribution in [0.5, 0.6) is 5.75 Å². The number of aryl methyl sites for hydroxylation is 2. The molecule has 1 N–H and O–H groups in total. The van der Waals surface area contributed by atoms with Gasteiger partial charge in [0.25, 0.3) is 0 Å². The second kappa shape index (κ2) is 9.42. The van der Waals surface area contributed by atoms with E-state index in [0.717, 1.165) is 11.1 Å². The van der Waals surface area contributed by atoms with Gasteiger partial charge in [0, 0.05) is 11.9 Å². The van der Waals surface area contributed by atoms with Gasteiger partial charge in [0.2, 0.25) is 11.8 Å². The lowest BCUT2D eigenvalue weighted by atomic mass is 10.0. The Hall–Kier alpha value is -3.71. The van der Waals surface area contributed by atoms with Gasteiger partial charge in [-0.3, -0.25) is 14.5 Å². The number of aliphatic imine (C=N–C) groups is 1. The average molecular weight is 463 g/mol. The van der Waals surface area contributed by atoms with Crippen molar-refractivity contribution in [2.75, 3.05) is 23.9 Å². The molecule has 2 amide bonds. The van der Waals surface area contributed by atoms with E-state index < -0.39 is 0 Å². The van der Waals surface area contributed by atoms with E-state index in [9.17, 15) is 9.59 Å². The summed E-state index contributed by atoms with van der Waals surface area (Å²) in [7, 11) is 1.52. The molecular formula is C25H23ClN4O3. The number of halogens is 1. The van der Waals surface area contributed by atoms with Crippen molar-refractivity contribution in [1.82, 2.24) is 4.98 Å². The molecule has 0 saturated heterocycles. The zero-order chi connectivity index (χ0) is 23.5. The molecular weight excluding hydrogens is 440 g/mol. The molecule has 2 aromatic carbocycles. The standard InChI is InChI=1S/C25H23ClN4O3/c1-15-6-7-17(11-16(15)2)21-13-24(32)30(25-20(29-21)5-4-10-27-25)14-23(31)28-18-8-9-22(33-3)19(26)12-18/h4-12H,13-14H2,1-3H3,(H,28,31). The number of pyridine rings is 1. The van der Waals surface area contributed by atoms with Crippen LogP contribution in [0.1, 0.15) is 23.1 Å². The molecule has 8 heteroatoms. The average Bonchev–Trinajstić information content (AvgIpc) is 2.92. The van der Waals surface area contributed by atoms with Crippen LogP contribution in [-0.4, -0.2) is 36.2 Å². The topological polar surface area (TPSA) is 83.9 Å². The highest BCUT2D eigenvalue weighted by atomic mass is 35.5. The summed E-state index contributed by atoms with van der Waals surface area (Å²) in [5.41, 5.74) is 4.84. The summed E-state index contributed by atoms with van der Waals surface area (Å²) in [5.74, 6) is 0.221. The van der Waals surface area contributed by atoms with Gasteiger partial charge in [-0.25, -0.2) is 9.98 Å². The van der Waals surface area contributed by atoms with E-state index in [1.165, 1.54) is 17.6 Å². The number of benzene rings is 2. The summed E-state index contributed by atoms with van der Waals surface area (Å²) >= 11 is 6.15. The van der Waals surface area contributed by atoms with Gasteiger partial charge < -0.3 is 10.1 Å². The van der Waals surface area contributed by atoms with Gasteiger partial charge in [0.1, 0.15) is 18.0 Å². The maximum Gasteiger partial charge on any atom is 0.244 e. The fourth-order valence-corrected chi connectivity index (χ4v) is 3.82. The Morgan fingerprint density at radius 3 is 2.70 bits per heavy atom. The van der Waals surface area contributed by atoms with Crippen LogP contribution in [0.25, 0.3) is 0 Å². The van der Waals surface area contributed by atoms with Crippen LogP contribution in [0.4, 0.5) is 17.2 Å². The summed E-state index contributed by atoms with van der Waals surface area (Å²) in [6.45, 7) is 3.85. The molecule has 0 atom stereocenters. The van der Waals surface area contributed by atoms with Gasteiger partial charge in [-0.15, -0.1) is 0 Å². The number of hydrogen-bond donors (Lipinski definition) is 1. The molecule has 0 aliphatic carbocycles. The minimum Gasteiger partial charge on any atom is -0.495 e. The van der Waals surface area contributed by atoms with E-state index >= 15 is 0 Å². The molecule has 0 fully saturated rings. The first-order valence-electron chi connectivity index (χ1n) is 10.4. The molecule has 0 unspecified atom stereocenters. The lowest BCUT2D eigenvalue weighted by Crippen LogP contribution is -2.39. The Morgan fingerprint density at radius 1 is 1.15 bits per heavy atom. The van der Waals surface area contributed by atoms with E-state index in [-0.39, 0.29) is 24.8 Å². The highest BCUT2D eigenvalue weighted by Crippen LogP contribution is 2.31. The van der Waals surface area contributed by atoms with E-state index in [1.54, 1.807) is 36.5 Å². The highest BCUT2D eigenvalue weighted by molar-refractivity contribution is 6.32. The number of anilines is 2. The van der Waals surface area contributed by atoms with Gasteiger partial charge in [0.15, 0.2) is 5.82 Å². The van der Waals surface area contributed by atoms with Crippen LogP contribution < -0.4 is 15.0 Å². The molecule has 7 nitrogen and oxygen atoms in total. The summed E-state index contributed by atoms with van der Waals surface area (Å²) in [5, 5.41) is 3.15. The number of ether oxygens (including phenoxy) is 1. The maximum absolute atomic E-state index is 13.2. The number of rotatable bonds is 5. The van der Waals surface area contributed by atoms with E-state index in [2.05, 4.69) is 10.3 Å². The van der Waals surface area contributed by atoms with Crippen molar-refractivity contribution in [1.29, 1.82) is 0 Å². The Bertz CT molecular complexity index is 1270. The molecule has 0 radical (unpaired) electrons. The number of carbonyl (C=O) groups is 2. The first kappa shape index (κ1) is 22.5. The van der Waals surface area contributed by atoms with Crippen LogP contribution in [-0.2, 0) is 9.59 Å². The molecule has 4 rings (SSSR count). The fraction of sp³-hybridized carbons (Fsp3) is 0.200. The molecule has 0 saturated carbocycles. The Morgan fingerprint density at radius 2 is 1.97 bits per heavy atom. The van der Waals surface area contributed by atoms with E-state index in [4.69, 9.17) is 21.3 Å². The van der Waals surface area contributed by atoms with Crippen molar-refractivity contribution < 1.29 is 14.3 Å². The maximum atomic E-state index is 13.2. The molecule has 1 aromatic heterocycles. The van der Waals surface area contributed by atoms with Crippen molar-refractivity contribution in [2.45, 2.75) is 20.3 Å². The normalized spacial score (nSPS) is 13.2. The third-order valence-corrected chi connectivity index (χ3v) is 5.77. The third-order valence-electron chi connectivity index (χ3n) is 5.47. The van der Waals surface area contributed by atoms with E-state index in [0.29, 0.717) is 33.7 Å². The lowest BCUT2D eigenvalue weighted by Gasteiger charge is -2.20. The summed E-state index contributed by atoms with van der Waals surface area (Å²) < 4.78 is 5.14. The van der Waals surface area contributed by atoms with E-state index in [1.807, 2.05) is 32.0 Å². The molecule has 168 valence electrons. The number of nitrogens with one attached hydrogen (secondary N) is 1. The van der Waals surface area contributed by atoms with Gasteiger partial charge in [-0.1, -0.05) is 23.7 Å². The molecule has 2 heterocycles. The van der Waals surface area contributed by atoms with Crippen molar-refractivity contribution in [3.05, 3.63) is 76.4 Å². The van der Waals surface area contributed by atoms with Gasteiger partial charge in [-0.05, 0) is 66.9 Å². The molecule has 1 aliphatic heterocycles. The molecule has 0 bridgehead atoms. The quantitative estimate of drug-likeness (QED) is 0.587. The fourth-order valence-electron chi connectivity index (χ4n) is 3.56. The lowest BCUT2D eigenvalue weighted by molar-refractivity contribution is -0.120. The van der Waals surface area contributed by atoms with Crippen LogP contribution in [0.3, 0.4) is 0 Å². The second-order valence-corrected chi connectivity index (χ2v) is 8.17. The molecule has 33 heavy (non-hydrogen) atoms. The van der Waals surface area contributed by atoms with Gasteiger partial charge in [0.05, 0.1) is 24.3 Å². The van der Waals surface area contributed by atoms with Crippen molar-refractivity contribution in [3.63, 3.8) is 0 Å². The minimum absolute atomic E-state index is 0.0561. The van der Waals surface area contributed by atoms with Crippen LogP contribution in [0, 0.1) is 13.8 Å². The Labute approximate surface area is 197 Å². The third kappa shape index (κ3) is 4.88. The number of nitrogens with zero attached hydrogens (tertiary/aromatic N) is 3. The predicted molar refractivity (Wildman–Crippen MR) is 130 cm³/mol. The molecule has 1 aliphatic rings. The first-order valence-corrected chi connectivity index (χ1v) is 10.8. The number of amides is 2. The second-order valence-electron chi connectivity index (χ2n) is 7.76. The van der Waals surface area contributed by atoms with Crippen LogP contribution >= 0.6 is 11.6 Å².